The zero-order valence-corrected chi connectivity index (χ0v) is 13.5. The minimum absolute atomic E-state index is 0.0976. The standard InChI is InChI=1S/C16H23BrN2O/c1-11(9-12-5-2-3-8-15(12)17)19-16(20)13-6-4-7-14(18)10-13/h2-3,5,8,11,13-14H,4,6-7,9-10,18H2,1H3,(H,19,20). The van der Waals surface area contributed by atoms with Gasteiger partial charge < -0.3 is 11.1 Å². The third kappa shape index (κ3) is 4.32. The number of nitrogens with two attached hydrogens (primary N) is 1. The SMILES string of the molecule is CC(Cc1ccccc1Br)NC(=O)C1CCCC(N)C1. The second-order valence-corrected chi connectivity index (χ2v) is 6.68. The highest BCUT2D eigenvalue weighted by molar-refractivity contribution is 9.10. The summed E-state index contributed by atoms with van der Waals surface area (Å²) in [6.07, 6.45) is 4.76. The van der Waals surface area contributed by atoms with Crippen molar-refractivity contribution in [1.82, 2.24) is 5.32 Å². The summed E-state index contributed by atoms with van der Waals surface area (Å²) >= 11 is 3.55. The van der Waals surface area contributed by atoms with Crippen LogP contribution in [0.25, 0.3) is 0 Å². The molecule has 0 aliphatic heterocycles. The summed E-state index contributed by atoms with van der Waals surface area (Å²) in [4.78, 5) is 12.3. The monoisotopic (exact) mass is 338 g/mol. The van der Waals surface area contributed by atoms with Crippen LogP contribution in [0.5, 0.6) is 0 Å². The van der Waals surface area contributed by atoms with Crippen LogP contribution in [0.2, 0.25) is 0 Å². The minimum atomic E-state index is 0.0976. The molecule has 0 bridgehead atoms. The molecule has 1 amide bonds. The van der Waals surface area contributed by atoms with Crippen LogP contribution >= 0.6 is 15.9 Å². The van der Waals surface area contributed by atoms with Crippen molar-refractivity contribution in [3.63, 3.8) is 0 Å². The number of rotatable bonds is 4. The van der Waals surface area contributed by atoms with E-state index in [1.165, 1.54) is 5.56 Å². The largest absolute Gasteiger partial charge is 0.353 e. The maximum absolute atomic E-state index is 12.3. The van der Waals surface area contributed by atoms with E-state index in [2.05, 4.69) is 34.2 Å². The molecule has 20 heavy (non-hydrogen) atoms. The van der Waals surface area contributed by atoms with E-state index >= 15 is 0 Å². The van der Waals surface area contributed by atoms with Crippen LogP contribution < -0.4 is 11.1 Å². The van der Waals surface area contributed by atoms with Gasteiger partial charge in [0.25, 0.3) is 0 Å². The van der Waals surface area contributed by atoms with Gasteiger partial charge in [-0.05, 0) is 44.2 Å². The van der Waals surface area contributed by atoms with Gasteiger partial charge in [0.05, 0.1) is 0 Å². The first kappa shape index (κ1) is 15.5. The molecule has 0 spiro atoms. The highest BCUT2D eigenvalue weighted by atomic mass is 79.9. The fraction of sp³-hybridized carbons (Fsp3) is 0.562. The highest BCUT2D eigenvalue weighted by Gasteiger charge is 2.26. The van der Waals surface area contributed by atoms with Crippen LogP contribution in [0, 0.1) is 5.92 Å². The molecular weight excluding hydrogens is 316 g/mol. The molecule has 1 saturated carbocycles. The molecule has 0 radical (unpaired) electrons. The van der Waals surface area contributed by atoms with E-state index in [4.69, 9.17) is 5.73 Å². The van der Waals surface area contributed by atoms with Crippen molar-refractivity contribution in [2.75, 3.05) is 0 Å². The smallest absolute Gasteiger partial charge is 0.223 e. The molecule has 1 fully saturated rings. The van der Waals surface area contributed by atoms with Gasteiger partial charge in [-0.3, -0.25) is 4.79 Å². The second kappa shape index (κ2) is 7.23. The van der Waals surface area contributed by atoms with Gasteiger partial charge >= 0.3 is 0 Å². The number of amides is 1. The Kier molecular flexibility index (Phi) is 5.61. The first-order chi connectivity index (χ1) is 9.56. The van der Waals surface area contributed by atoms with E-state index in [0.29, 0.717) is 0 Å². The molecular formula is C16H23BrN2O. The van der Waals surface area contributed by atoms with Crippen molar-refractivity contribution >= 4 is 21.8 Å². The minimum Gasteiger partial charge on any atom is -0.353 e. The predicted molar refractivity (Wildman–Crippen MR) is 85.4 cm³/mol. The molecule has 3 atom stereocenters. The van der Waals surface area contributed by atoms with Crippen LogP contribution in [0.15, 0.2) is 28.7 Å². The van der Waals surface area contributed by atoms with E-state index in [-0.39, 0.29) is 23.9 Å². The zero-order valence-electron chi connectivity index (χ0n) is 11.9. The Hall–Kier alpha value is -0.870. The first-order valence-corrected chi connectivity index (χ1v) is 8.15. The van der Waals surface area contributed by atoms with E-state index in [1.54, 1.807) is 0 Å². The molecule has 1 aromatic rings. The van der Waals surface area contributed by atoms with Gasteiger partial charge in [0.15, 0.2) is 0 Å². The van der Waals surface area contributed by atoms with Crippen LogP contribution in [0.4, 0.5) is 0 Å². The number of hydrogen-bond acceptors (Lipinski definition) is 2. The summed E-state index contributed by atoms with van der Waals surface area (Å²) in [6.45, 7) is 2.06. The average molecular weight is 339 g/mol. The molecule has 3 nitrogen and oxygen atoms in total. The quantitative estimate of drug-likeness (QED) is 0.886. The molecule has 110 valence electrons. The van der Waals surface area contributed by atoms with Crippen molar-refractivity contribution in [1.29, 1.82) is 0 Å². The normalized spacial score (nSPS) is 24.1. The summed E-state index contributed by atoms with van der Waals surface area (Å²) in [7, 11) is 0. The van der Waals surface area contributed by atoms with Gasteiger partial charge in [-0.15, -0.1) is 0 Å². The molecule has 2 rings (SSSR count). The topological polar surface area (TPSA) is 55.1 Å². The predicted octanol–water partition coefficient (Wildman–Crippen LogP) is 3.01. The van der Waals surface area contributed by atoms with Gasteiger partial charge in [0.2, 0.25) is 5.91 Å². The lowest BCUT2D eigenvalue weighted by molar-refractivity contribution is -0.126. The Morgan fingerprint density at radius 3 is 2.90 bits per heavy atom. The summed E-state index contributed by atoms with van der Waals surface area (Å²) < 4.78 is 1.10. The van der Waals surface area contributed by atoms with Gasteiger partial charge in [-0.2, -0.15) is 0 Å². The lowest BCUT2D eigenvalue weighted by Crippen LogP contribution is -2.42. The molecule has 0 heterocycles. The fourth-order valence-electron chi connectivity index (χ4n) is 2.87. The number of hydrogen-bond donors (Lipinski definition) is 2. The Morgan fingerprint density at radius 1 is 1.45 bits per heavy atom. The summed E-state index contributed by atoms with van der Waals surface area (Å²) in [5, 5.41) is 3.13. The van der Waals surface area contributed by atoms with Crippen molar-refractivity contribution in [3.05, 3.63) is 34.3 Å². The van der Waals surface area contributed by atoms with E-state index in [0.717, 1.165) is 36.6 Å². The third-order valence-electron chi connectivity index (χ3n) is 3.96. The fourth-order valence-corrected chi connectivity index (χ4v) is 3.32. The summed E-state index contributed by atoms with van der Waals surface area (Å²) in [5.74, 6) is 0.264. The zero-order chi connectivity index (χ0) is 14.5. The van der Waals surface area contributed by atoms with Crippen LogP contribution in [-0.2, 0) is 11.2 Å². The van der Waals surface area contributed by atoms with Crippen LogP contribution in [-0.4, -0.2) is 18.0 Å². The molecule has 0 saturated heterocycles. The number of carbonyl (C=O) groups is 1. The Morgan fingerprint density at radius 2 is 2.20 bits per heavy atom. The van der Waals surface area contributed by atoms with E-state index in [1.807, 2.05) is 18.2 Å². The summed E-state index contributed by atoms with van der Waals surface area (Å²) in [5.41, 5.74) is 7.17. The molecule has 1 aromatic carbocycles. The number of halogens is 1. The van der Waals surface area contributed by atoms with Gasteiger partial charge in [-0.25, -0.2) is 0 Å². The average Bonchev–Trinajstić information content (AvgIpc) is 2.41. The molecule has 4 heteroatoms. The molecule has 1 aliphatic carbocycles. The highest BCUT2D eigenvalue weighted by Crippen LogP contribution is 2.23. The molecule has 3 N–H and O–H groups in total. The maximum Gasteiger partial charge on any atom is 0.223 e. The lowest BCUT2D eigenvalue weighted by atomic mass is 9.85. The third-order valence-corrected chi connectivity index (χ3v) is 4.73. The number of nitrogens with one attached hydrogen (secondary N) is 1. The molecule has 1 aliphatic rings. The van der Waals surface area contributed by atoms with Crippen LogP contribution in [0.1, 0.15) is 38.2 Å². The van der Waals surface area contributed by atoms with Crippen molar-refractivity contribution in [2.45, 2.75) is 51.1 Å². The Bertz CT molecular complexity index is 464. The lowest BCUT2D eigenvalue weighted by Gasteiger charge is -2.27. The van der Waals surface area contributed by atoms with Gasteiger partial charge in [0, 0.05) is 22.5 Å². The van der Waals surface area contributed by atoms with Crippen molar-refractivity contribution in [3.8, 4) is 0 Å². The Balaban J connectivity index is 1.86. The van der Waals surface area contributed by atoms with E-state index in [9.17, 15) is 4.79 Å². The van der Waals surface area contributed by atoms with Crippen LogP contribution in [0.3, 0.4) is 0 Å². The van der Waals surface area contributed by atoms with Crippen molar-refractivity contribution < 1.29 is 4.79 Å². The maximum atomic E-state index is 12.3. The first-order valence-electron chi connectivity index (χ1n) is 7.35. The van der Waals surface area contributed by atoms with Crippen molar-refractivity contribution in [2.24, 2.45) is 11.7 Å². The Labute approximate surface area is 129 Å². The second-order valence-electron chi connectivity index (χ2n) is 5.83. The molecule has 3 unspecified atom stereocenters. The van der Waals surface area contributed by atoms with E-state index < -0.39 is 0 Å². The number of carbonyl (C=O) groups excluding carboxylic acids is 1. The molecule has 0 aromatic heterocycles. The summed E-state index contributed by atoms with van der Waals surface area (Å²) in [6, 6.07) is 8.47. The van der Waals surface area contributed by atoms with Gasteiger partial charge in [0.1, 0.15) is 0 Å². The number of benzene rings is 1. The van der Waals surface area contributed by atoms with Gasteiger partial charge in [-0.1, -0.05) is 40.5 Å².